The third kappa shape index (κ3) is 3.96. The molecule has 0 saturated carbocycles. The molecule has 0 aliphatic carbocycles. The molecule has 4 nitrogen and oxygen atoms in total. The molecule has 1 fully saturated rings. The Balaban J connectivity index is 1.88. The molecule has 0 bridgehead atoms. The van der Waals surface area contributed by atoms with Crippen LogP contribution < -0.4 is 4.74 Å². The molecule has 1 aromatic rings. The molecule has 1 aromatic carbocycles. The summed E-state index contributed by atoms with van der Waals surface area (Å²) in [7, 11) is 2.09. The molecular formula is C15H22N2O2. The Hall–Kier alpha value is -1.55. The second-order valence-electron chi connectivity index (χ2n) is 4.94. The smallest absolute Gasteiger partial charge is 0.227 e. The topological polar surface area (TPSA) is 32.8 Å². The Morgan fingerprint density at radius 1 is 1.16 bits per heavy atom. The largest absolute Gasteiger partial charge is 0.494 e. The fourth-order valence-corrected chi connectivity index (χ4v) is 2.21. The molecular weight excluding hydrogens is 240 g/mol. The molecule has 0 N–H and O–H groups in total. The summed E-state index contributed by atoms with van der Waals surface area (Å²) in [6, 6.07) is 7.80. The highest BCUT2D eigenvalue weighted by molar-refractivity contribution is 5.78. The highest BCUT2D eigenvalue weighted by Gasteiger charge is 2.18. The molecule has 0 radical (unpaired) electrons. The molecule has 1 saturated heterocycles. The maximum Gasteiger partial charge on any atom is 0.227 e. The monoisotopic (exact) mass is 262 g/mol. The van der Waals surface area contributed by atoms with Crippen LogP contribution in [0.1, 0.15) is 12.5 Å². The summed E-state index contributed by atoms with van der Waals surface area (Å²) in [6.07, 6.45) is 0.482. The molecule has 19 heavy (non-hydrogen) atoms. The average molecular weight is 262 g/mol. The van der Waals surface area contributed by atoms with Crippen LogP contribution in [0.5, 0.6) is 5.75 Å². The number of carbonyl (C=O) groups excluding carboxylic acids is 1. The van der Waals surface area contributed by atoms with Crippen molar-refractivity contribution in [3.63, 3.8) is 0 Å². The van der Waals surface area contributed by atoms with Crippen LogP contribution in [0.4, 0.5) is 0 Å². The van der Waals surface area contributed by atoms with E-state index in [0.29, 0.717) is 13.0 Å². The summed E-state index contributed by atoms with van der Waals surface area (Å²) < 4.78 is 5.39. The first kappa shape index (κ1) is 13.9. The molecule has 0 aromatic heterocycles. The molecule has 0 unspecified atom stereocenters. The van der Waals surface area contributed by atoms with E-state index in [2.05, 4.69) is 11.9 Å². The molecule has 4 heteroatoms. The van der Waals surface area contributed by atoms with Gasteiger partial charge in [-0.15, -0.1) is 0 Å². The van der Waals surface area contributed by atoms with Crippen LogP contribution in [0.2, 0.25) is 0 Å². The van der Waals surface area contributed by atoms with Crippen molar-refractivity contribution in [3.8, 4) is 5.75 Å². The van der Waals surface area contributed by atoms with E-state index in [1.807, 2.05) is 36.1 Å². The van der Waals surface area contributed by atoms with Crippen molar-refractivity contribution in [1.82, 2.24) is 9.80 Å². The predicted molar refractivity (Wildman–Crippen MR) is 75.4 cm³/mol. The minimum absolute atomic E-state index is 0.220. The van der Waals surface area contributed by atoms with Crippen LogP contribution in [0.3, 0.4) is 0 Å². The summed E-state index contributed by atoms with van der Waals surface area (Å²) in [4.78, 5) is 16.4. The lowest BCUT2D eigenvalue weighted by Gasteiger charge is -2.32. The molecule has 1 aliphatic heterocycles. The van der Waals surface area contributed by atoms with Gasteiger partial charge in [0, 0.05) is 26.2 Å². The summed E-state index contributed by atoms with van der Waals surface area (Å²) in [6.45, 7) is 6.24. The zero-order valence-corrected chi connectivity index (χ0v) is 11.8. The van der Waals surface area contributed by atoms with Gasteiger partial charge >= 0.3 is 0 Å². The van der Waals surface area contributed by atoms with Gasteiger partial charge in [0.15, 0.2) is 0 Å². The fraction of sp³-hybridized carbons (Fsp3) is 0.533. The van der Waals surface area contributed by atoms with Gasteiger partial charge < -0.3 is 14.5 Å². The maximum atomic E-state index is 12.2. The van der Waals surface area contributed by atoms with Gasteiger partial charge in [-0.2, -0.15) is 0 Å². The summed E-state index contributed by atoms with van der Waals surface area (Å²) in [5, 5.41) is 0. The van der Waals surface area contributed by atoms with Crippen molar-refractivity contribution in [2.45, 2.75) is 13.3 Å². The van der Waals surface area contributed by atoms with Crippen molar-refractivity contribution < 1.29 is 9.53 Å². The molecule has 1 amide bonds. The first-order valence-corrected chi connectivity index (χ1v) is 6.87. The fourth-order valence-electron chi connectivity index (χ4n) is 2.21. The lowest BCUT2D eigenvalue weighted by atomic mass is 10.1. The second-order valence-corrected chi connectivity index (χ2v) is 4.94. The molecule has 1 heterocycles. The second kappa shape index (κ2) is 6.57. The Kier molecular flexibility index (Phi) is 4.80. The normalized spacial score (nSPS) is 16.4. The molecule has 2 rings (SSSR count). The molecule has 1 aliphatic rings. The first-order chi connectivity index (χ1) is 9.19. The van der Waals surface area contributed by atoms with Crippen molar-refractivity contribution >= 4 is 5.91 Å². The van der Waals surface area contributed by atoms with Crippen molar-refractivity contribution in [3.05, 3.63) is 29.8 Å². The van der Waals surface area contributed by atoms with Gasteiger partial charge in [0.2, 0.25) is 5.91 Å². The minimum Gasteiger partial charge on any atom is -0.494 e. The number of benzene rings is 1. The van der Waals surface area contributed by atoms with E-state index in [-0.39, 0.29) is 5.91 Å². The number of carbonyl (C=O) groups is 1. The number of hydrogen-bond donors (Lipinski definition) is 0. The van der Waals surface area contributed by atoms with Gasteiger partial charge in [-0.25, -0.2) is 0 Å². The Morgan fingerprint density at radius 3 is 2.37 bits per heavy atom. The minimum atomic E-state index is 0.220. The molecule has 0 atom stereocenters. The number of nitrogens with zero attached hydrogens (tertiary/aromatic N) is 2. The number of amides is 1. The van der Waals surface area contributed by atoms with Crippen LogP contribution in [0.25, 0.3) is 0 Å². The van der Waals surface area contributed by atoms with Gasteiger partial charge in [-0.05, 0) is 31.7 Å². The van der Waals surface area contributed by atoms with Crippen LogP contribution in [0, 0.1) is 0 Å². The van der Waals surface area contributed by atoms with Crippen molar-refractivity contribution in [2.24, 2.45) is 0 Å². The third-order valence-electron chi connectivity index (χ3n) is 3.45. The van der Waals surface area contributed by atoms with Crippen LogP contribution in [0.15, 0.2) is 24.3 Å². The van der Waals surface area contributed by atoms with Gasteiger partial charge in [-0.3, -0.25) is 4.79 Å². The van der Waals surface area contributed by atoms with Crippen LogP contribution in [-0.4, -0.2) is 55.5 Å². The maximum absolute atomic E-state index is 12.2. The number of rotatable bonds is 4. The highest BCUT2D eigenvalue weighted by Crippen LogP contribution is 2.13. The van der Waals surface area contributed by atoms with Gasteiger partial charge in [0.1, 0.15) is 5.75 Å². The average Bonchev–Trinajstić information content (AvgIpc) is 2.42. The third-order valence-corrected chi connectivity index (χ3v) is 3.45. The quantitative estimate of drug-likeness (QED) is 0.822. The van der Waals surface area contributed by atoms with Gasteiger partial charge in [0.05, 0.1) is 13.0 Å². The van der Waals surface area contributed by atoms with Crippen molar-refractivity contribution in [1.29, 1.82) is 0 Å². The Bertz CT molecular complexity index is 409. The zero-order valence-electron chi connectivity index (χ0n) is 11.8. The highest BCUT2D eigenvalue weighted by atomic mass is 16.5. The van der Waals surface area contributed by atoms with E-state index < -0.39 is 0 Å². The number of likely N-dealkylation sites (N-methyl/N-ethyl adjacent to an activating group) is 1. The number of ether oxygens (including phenoxy) is 1. The first-order valence-electron chi connectivity index (χ1n) is 6.87. The molecule has 104 valence electrons. The van der Waals surface area contributed by atoms with E-state index in [1.54, 1.807) is 0 Å². The van der Waals surface area contributed by atoms with Crippen LogP contribution >= 0.6 is 0 Å². The lowest BCUT2D eigenvalue weighted by Crippen LogP contribution is -2.47. The van der Waals surface area contributed by atoms with Gasteiger partial charge in [-0.1, -0.05) is 12.1 Å². The van der Waals surface area contributed by atoms with E-state index >= 15 is 0 Å². The standard InChI is InChI=1S/C15H22N2O2/c1-3-19-14-6-4-13(5-7-14)12-15(18)17-10-8-16(2)9-11-17/h4-7H,3,8-12H2,1-2H3. The van der Waals surface area contributed by atoms with E-state index in [1.165, 1.54) is 0 Å². The van der Waals surface area contributed by atoms with E-state index in [4.69, 9.17) is 4.74 Å². The summed E-state index contributed by atoms with van der Waals surface area (Å²) >= 11 is 0. The van der Waals surface area contributed by atoms with Crippen LogP contribution in [-0.2, 0) is 11.2 Å². The lowest BCUT2D eigenvalue weighted by molar-refractivity contribution is -0.132. The SMILES string of the molecule is CCOc1ccc(CC(=O)N2CCN(C)CC2)cc1. The van der Waals surface area contributed by atoms with Gasteiger partial charge in [0.25, 0.3) is 0 Å². The molecule has 0 spiro atoms. The van der Waals surface area contributed by atoms with E-state index in [0.717, 1.165) is 37.5 Å². The number of hydrogen-bond acceptors (Lipinski definition) is 3. The van der Waals surface area contributed by atoms with E-state index in [9.17, 15) is 4.79 Å². The summed E-state index contributed by atoms with van der Waals surface area (Å²) in [5.74, 6) is 1.08. The predicted octanol–water partition coefficient (Wildman–Crippen LogP) is 1.40. The Morgan fingerprint density at radius 2 is 1.79 bits per heavy atom. The van der Waals surface area contributed by atoms with Crippen molar-refractivity contribution in [2.75, 3.05) is 39.8 Å². The number of piperazine rings is 1. The summed E-state index contributed by atoms with van der Waals surface area (Å²) in [5.41, 5.74) is 1.05. The Labute approximate surface area is 115 Å². The zero-order chi connectivity index (χ0) is 13.7.